The van der Waals surface area contributed by atoms with Crippen LogP contribution in [0.2, 0.25) is 10.0 Å². The van der Waals surface area contributed by atoms with Crippen molar-refractivity contribution in [3.63, 3.8) is 0 Å². The summed E-state index contributed by atoms with van der Waals surface area (Å²) in [6, 6.07) is 16.5. The first-order chi connectivity index (χ1) is 19.3. The lowest BCUT2D eigenvalue weighted by Gasteiger charge is -2.26. The van der Waals surface area contributed by atoms with Crippen LogP contribution in [-0.4, -0.2) is 30.1 Å². The molecule has 11 heteroatoms. The Balaban J connectivity index is 0.000000239. The van der Waals surface area contributed by atoms with E-state index >= 15 is 0 Å². The Kier molecular flexibility index (Phi) is 12.7. The number of nitrogens with one attached hydrogen (secondary N) is 2. The van der Waals surface area contributed by atoms with E-state index in [9.17, 15) is 28.0 Å². The largest absolute Gasteiger partial charge is 0.478 e. The summed E-state index contributed by atoms with van der Waals surface area (Å²) in [5.41, 5.74) is 0.482. The Hall–Kier alpha value is -3.58. The van der Waals surface area contributed by atoms with Crippen LogP contribution in [0, 0.1) is 40.1 Å². The Morgan fingerprint density at radius 1 is 1.12 bits per heavy atom. The molecule has 3 aromatic carbocycles. The molecule has 6 nitrogen and oxygen atoms in total. The number of nitriles is 1. The zero-order valence-corrected chi connectivity index (χ0v) is 24.1. The maximum Gasteiger partial charge on any atom is 0.335 e. The molecule has 3 N–H and O–H groups in total. The van der Waals surface area contributed by atoms with E-state index in [1.807, 2.05) is 0 Å². The molecule has 4 rings (SSSR count). The first-order valence-corrected chi connectivity index (χ1v) is 13.2. The van der Waals surface area contributed by atoms with Crippen molar-refractivity contribution in [2.45, 2.75) is 39.2 Å². The summed E-state index contributed by atoms with van der Waals surface area (Å²) in [4.78, 5) is 20.3. The highest BCUT2D eigenvalue weighted by molar-refractivity contribution is 6.31. The Labute approximate surface area is 247 Å². The number of carbonyl (C=O) groups is 2. The zero-order valence-electron chi connectivity index (χ0n) is 22.6. The third-order valence-electron chi connectivity index (χ3n) is 6.05. The van der Waals surface area contributed by atoms with Gasteiger partial charge in [0.1, 0.15) is 17.5 Å². The molecular formula is C30H30Cl2F3N3O3. The van der Waals surface area contributed by atoms with Gasteiger partial charge in [0, 0.05) is 23.5 Å². The fourth-order valence-corrected chi connectivity index (χ4v) is 4.61. The summed E-state index contributed by atoms with van der Waals surface area (Å²) in [6.07, 6.45) is 1.21. The van der Waals surface area contributed by atoms with Gasteiger partial charge in [0.2, 0.25) is 6.41 Å². The SMILES string of the molecule is CC(C)(C)CC1NCC(c2cccc(Cl)c2F)C1C#N.Fc1cccc(Cl)c1.O=CNc1ccc(C(=O)O)cc1F. The van der Waals surface area contributed by atoms with Gasteiger partial charge in [-0.3, -0.25) is 4.79 Å². The number of anilines is 1. The number of carboxylic acids is 1. The van der Waals surface area contributed by atoms with Crippen LogP contribution in [0.4, 0.5) is 18.9 Å². The molecule has 0 aromatic heterocycles. The van der Waals surface area contributed by atoms with Gasteiger partial charge in [0.05, 0.1) is 28.3 Å². The molecule has 1 saturated heterocycles. The summed E-state index contributed by atoms with van der Waals surface area (Å²) >= 11 is 11.3. The number of hydrogen-bond acceptors (Lipinski definition) is 4. The minimum atomic E-state index is -1.21. The van der Waals surface area contributed by atoms with Crippen LogP contribution in [-0.2, 0) is 4.79 Å². The highest BCUT2D eigenvalue weighted by Crippen LogP contribution is 2.38. The lowest BCUT2D eigenvalue weighted by molar-refractivity contribution is -0.105. The minimum Gasteiger partial charge on any atom is -0.478 e. The maximum atomic E-state index is 14.2. The molecule has 0 spiro atoms. The van der Waals surface area contributed by atoms with Gasteiger partial charge in [-0.25, -0.2) is 18.0 Å². The molecule has 1 aliphatic heterocycles. The van der Waals surface area contributed by atoms with Gasteiger partial charge in [-0.1, -0.05) is 62.2 Å². The van der Waals surface area contributed by atoms with E-state index in [-0.39, 0.29) is 45.4 Å². The van der Waals surface area contributed by atoms with Crippen LogP contribution in [0.15, 0.2) is 60.7 Å². The first kappa shape index (κ1) is 33.6. The van der Waals surface area contributed by atoms with Gasteiger partial charge in [-0.05, 0) is 59.9 Å². The number of amides is 1. The number of carboxylic acid groups (broad SMARTS) is 1. The number of nitrogens with zero attached hydrogens (tertiary/aromatic N) is 1. The molecule has 0 aliphatic carbocycles. The van der Waals surface area contributed by atoms with Crippen molar-refractivity contribution in [1.82, 2.24) is 5.32 Å². The van der Waals surface area contributed by atoms with Gasteiger partial charge >= 0.3 is 5.97 Å². The molecule has 1 heterocycles. The van der Waals surface area contributed by atoms with Crippen molar-refractivity contribution in [2.24, 2.45) is 11.3 Å². The first-order valence-electron chi connectivity index (χ1n) is 12.5. The van der Waals surface area contributed by atoms with E-state index in [1.54, 1.807) is 24.3 Å². The zero-order chi connectivity index (χ0) is 30.7. The van der Waals surface area contributed by atoms with Crippen LogP contribution < -0.4 is 10.6 Å². The molecule has 1 amide bonds. The molecule has 3 unspecified atom stereocenters. The third kappa shape index (κ3) is 10.4. The normalized spacial score (nSPS) is 17.7. The molecule has 0 saturated carbocycles. The van der Waals surface area contributed by atoms with Crippen LogP contribution >= 0.6 is 23.2 Å². The summed E-state index contributed by atoms with van der Waals surface area (Å²) in [7, 11) is 0. The smallest absolute Gasteiger partial charge is 0.335 e. The van der Waals surface area contributed by atoms with Crippen molar-refractivity contribution in [3.05, 3.63) is 99.3 Å². The van der Waals surface area contributed by atoms with Crippen molar-refractivity contribution in [2.75, 3.05) is 11.9 Å². The van der Waals surface area contributed by atoms with Crippen molar-refractivity contribution in [3.8, 4) is 6.07 Å². The van der Waals surface area contributed by atoms with Gasteiger partial charge in [-0.2, -0.15) is 5.26 Å². The molecule has 0 radical (unpaired) electrons. The van der Waals surface area contributed by atoms with E-state index in [2.05, 4.69) is 37.5 Å². The molecule has 1 fully saturated rings. The molecule has 3 atom stereocenters. The number of rotatable bonds is 5. The second-order valence-corrected chi connectivity index (χ2v) is 11.2. The number of benzene rings is 3. The second-order valence-electron chi connectivity index (χ2n) is 10.4. The topological polar surface area (TPSA) is 102 Å². The summed E-state index contributed by atoms with van der Waals surface area (Å²) in [5, 5.41) is 24.0. The van der Waals surface area contributed by atoms with Gasteiger partial charge in [-0.15, -0.1) is 0 Å². The van der Waals surface area contributed by atoms with Crippen molar-refractivity contribution >= 4 is 41.3 Å². The van der Waals surface area contributed by atoms with E-state index in [1.165, 1.54) is 30.3 Å². The number of aromatic carboxylic acids is 1. The van der Waals surface area contributed by atoms with E-state index in [0.29, 0.717) is 23.5 Å². The van der Waals surface area contributed by atoms with Crippen LogP contribution in [0.25, 0.3) is 0 Å². The molecule has 3 aromatic rings. The van der Waals surface area contributed by atoms with Crippen LogP contribution in [0.1, 0.15) is 49.0 Å². The number of hydrogen-bond donors (Lipinski definition) is 3. The average Bonchev–Trinajstić information content (AvgIpc) is 3.28. The lowest BCUT2D eigenvalue weighted by atomic mass is 9.79. The van der Waals surface area contributed by atoms with Crippen LogP contribution in [0.3, 0.4) is 0 Å². The quantitative estimate of drug-likeness (QED) is 0.258. The van der Waals surface area contributed by atoms with E-state index in [4.69, 9.17) is 28.3 Å². The van der Waals surface area contributed by atoms with E-state index < -0.39 is 17.6 Å². The molecule has 1 aliphatic rings. The Morgan fingerprint density at radius 2 is 1.80 bits per heavy atom. The summed E-state index contributed by atoms with van der Waals surface area (Å²) in [5.74, 6) is -3.02. The summed E-state index contributed by atoms with van der Waals surface area (Å²) < 4.78 is 39.2. The third-order valence-corrected chi connectivity index (χ3v) is 6.57. The van der Waals surface area contributed by atoms with E-state index in [0.717, 1.165) is 12.5 Å². The second kappa shape index (κ2) is 15.4. The monoisotopic (exact) mass is 607 g/mol. The number of halogens is 5. The Bertz CT molecular complexity index is 1380. The molecular weight excluding hydrogens is 578 g/mol. The molecule has 0 bridgehead atoms. The number of carbonyl (C=O) groups excluding carboxylic acids is 1. The standard InChI is InChI=1S/C16H20ClFN2.C8H6FNO3.C6H4ClF/c1-16(2,3)7-14-11(8-19)12(9-20-14)10-5-4-6-13(17)15(10)18;9-6-3-5(8(12)13)1-2-7(6)10-4-11;7-5-2-1-3-6(8)4-5/h4-6,11-12,14,20H,7,9H2,1-3H3;1-4H,(H,10,11)(H,12,13);1-4H. The van der Waals surface area contributed by atoms with Crippen molar-refractivity contribution in [1.29, 1.82) is 5.26 Å². The Morgan fingerprint density at radius 3 is 2.32 bits per heavy atom. The van der Waals surface area contributed by atoms with Crippen molar-refractivity contribution < 1.29 is 27.9 Å². The lowest BCUT2D eigenvalue weighted by Crippen LogP contribution is -2.31. The van der Waals surface area contributed by atoms with Gasteiger partial charge < -0.3 is 15.7 Å². The highest BCUT2D eigenvalue weighted by Gasteiger charge is 2.39. The molecule has 41 heavy (non-hydrogen) atoms. The summed E-state index contributed by atoms with van der Waals surface area (Å²) in [6.45, 7) is 7.07. The predicted molar refractivity (Wildman–Crippen MR) is 154 cm³/mol. The van der Waals surface area contributed by atoms with Crippen LogP contribution in [0.5, 0.6) is 0 Å². The van der Waals surface area contributed by atoms with Gasteiger partial charge in [0.15, 0.2) is 0 Å². The fraction of sp³-hybridized carbons (Fsp3) is 0.300. The minimum absolute atomic E-state index is 0.0417. The van der Waals surface area contributed by atoms with Gasteiger partial charge in [0.25, 0.3) is 0 Å². The fourth-order valence-electron chi connectivity index (χ4n) is 4.25. The molecule has 218 valence electrons. The maximum absolute atomic E-state index is 14.2. The predicted octanol–water partition coefficient (Wildman–Crippen LogP) is 7.68. The highest BCUT2D eigenvalue weighted by atomic mass is 35.5. The average molecular weight is 608 g/mol.